The summed E-state index contributed by atoms with van der Waals surface area (Å²) in [4.78, 5) is 11.0. The number of hydrogen-bond acceptors (Lipinski definition) is 2. The van der Waals surface area contributed by atoms with E-state index in [-0.39, 0.29) is 11.7 Å². The van der Waals surface area contributed by atoms with Crippen LogP contribution in [0.1, 0.15) is 12.8 Å². The van der Waals surface area contributed by atoms with Gasteiger partial charge < -0.3 is 4.74 Å². The fourth-order valence-corrected chi connectivity index (χ4v) is 1.13. The van der Waals surface area contributed by atoms with Crippen molar-refractivity contribution in [2.75, 3.05) is 13.2 Å². The van der Waals surface area contributed by atoms with Crippen molar-refractivity contribution in [3.63, 3.8) is 0 Å². The second kappa shape index (κ2) is 3.52. The van der Waals surface area contributed by atoms with Crippen LogP contribution in [0.5, 0.6) is 0 Å². The first-order valence-corrected chi connectivity index (χ1v) is 3.56. The third-order valence-electron chi connectivity index (χ3n) is 1.76. The molecule has 0 spiro atoms. The van der Waals surface area contributed by atoms with Crippen molar-refractivity contribution < 1.29 is 9.53 Å². The first kappa shape index (κ1) is 7.48. The van der Waals surface area contributed by atoms with Gasteiger partial charge in [-0.1, -0.05) is 6.08 Å². The molecule has 1 saturated heterocycles. The minimum absolute atomic E-state index is 0.186. The highest BCUT2D eigenvalue weighted by Crippen LogP contribution is 2.14. The van der Waals surface area contributed by atoms with Gasteiger partial charge in [0.15, 0.2) is 5.78 Å². The Balaban J connectivity index is 2.39. The molecule has 0 bridgehead atoms. The maximum atomic E-state index is 11.0. The number of ketones is 1. The van der Waals surface area contributed by atoms with Crippen LogP contribution in [-0.4, -0.2) is 19.0 Å². The molecule has 1 aliphatic rings. The van der Waals surface area contributed by atoms with Crippen molar-refractivity contribution in [1.82, 2.24) is 0 Å². The first-order chi connectivity index (χ1) is 4.84. The Hall–Kier alpha value is -0.630. The van der Waals surface area contributed by atoms with Crippen molar-refractivity contribution in [3.8, 4) is 0 Å². The fraction of sp³-hybridized carbons (Fsp3) is 0.625. The highest BCUT2D eigenvalue weighted by atomic mass is 16.5. The van der Waals surface area contributed by atoms with Gasteiger partial charge in [-0.15, -0.1) is 6.58 Å². The molecule has 0 N–H and O–H groups in total. The van der Waals surface area contributed by atoms with E-state index in [0.29, 0.717) is 6.61 Å². The lowest BCUT2D eigenvalue weighted by atomic mass is 9.95. The molecule has 1 atom stereocenters. The number of allylic oxidation sites excluding steroid dienone is 1. The number of ether oxygens (including phenoxy) is 1. The first-order valence-electron chi connectivity index (χ1n) is 3.56. The zero-order chi connectivity index (χ0) is 7.40. The molecule has 1 fully saturated rings. The summed E-state index contributed by atoms with van der Waals surface area (Å²) in [6.45, 7) is 4.63. The molecule has 1 rings (SSSR count). The lowest BCUT2D eigenvalue weighted by molar-refractivity contribution is -0.132. The van der Waals surface area contributed by atoms with E-state index in [4.69, 9.17) is 4.74 Å². The van der Waals surface area contributed by atoms with Gasteiger partial charge >= 0.3 is 0 Å². The van der Waals surface area contributed by atoms with Crippen LogP contribution in [0.15, 0.2) is 12.7 Å². The fourth-order valence-electron chi connectivity index (χ4n) is 1.13. The summed E-state index contributed by atoms with van der Waals surface area (Å²) in [6.07, 6.45) is 3.47. The van der Waals surface area contributed by atoms with Crippen LogP contribution in [0, 0.1) is 5.92 Å². The second-order valence-electron chi connectivity index (χ2n) is 2.53. The van der Waals surface area contributed by atoms with E-state index in [0.717, 1.165) is 19.4 Å². The highest BCUT2D eigenvalue weighted by Gasteiger charge is 2.20. The molecule has 0 amide bonds. The summed E-state index contributed by atoms with van der Waals surface area (Å²) < 4.78 is 4.97. The summed E-state index contributed by atoms with van der Waals surface area (Å²) >= 11 is 0. The monoisotopic (exact) mass is 140 g/mol. The van der Waals surface area contributed by atoms with Crippen LogP contribution < -0.4 is 0 Å². The van der Waals surface area contributed by atoms with Crippen LogP contribution in [0.2, 0.25) is 0 Å². The predicted molar refractivity (Wildman–Crippen MR) is 38.7 cm³/mol. The molecule has 1 heterocycles. The number of carbonyl (C=O) groups excluding carboxylic acids is 1. The smallest absolute Gasteiger partial charge is 0.161 e. The summed E-state index contributed by atoms with van der Waals surface area (Å²) in [5.41, 5.74) is 0. The Bertz CT molecular complexity index is 140. The van der Waals surface area contributed by atoms with Crippen LogP contribution in [0.25, 0.3) is 0 Å². The molecule has 0 radical (unpaired) electrons. The molecule has 0 aromatic rings. The average molecular weight is 140 g/mol. The van der Waals surface area contributed by atoms with E-state index in [1.165, 1.54) is 0 Å². The Morgan fingerprint density at radius 3 is 3.20 bits per heavy atom. The van der Waals surface area contributed by atoms with Crippen molar-refractivity contribution in [2.45, 2.75) is 12.8 Å². The Labute approximate surface area is 60.9 Å². The van der Waals surface area contributed by atoms with Crippen molar-refractivity contribution in [2.24, 2.45) is 5.92 Å². The molecule has 56 valence electrons. The van der Waals surface area contributed by atoms with Crippen molar-refractivity contribution in [3.05, 3.63) is 12.7 Å². The highest BCUT2D eigenvalue weighted by molar-refractivity contribution is 5.82. The van der Waals surface area contributed by atoms with Gasteiger partial charge in [0, 0.05) is 12.5 Å². The lowest BCUT2D eigenvalue weighted by Crippen LogP contribution is -2.26. The zero-order valence-corrected chi connectivity index (χ0v) is 6.01. The van der Waals surface area contributed by atoms with Crippen LogP contribution >= 0.6 is 0 Å². The van der Waals surface area contributed by atoms with Gasteiger partial charge in [0.2, 0.25) is 0 Å². The molecule has 1 aliphatic heterocycles. The van der Waals surface area contributed by atoms with E-state index < -0.39 is 0 Å². The van der Waals surface area contributed by atoms with E-state index in [1.807, 2.05) is 0 Å². The molecule has 2 nitrogen and oxygen atoms in total. The normalized spacial score (nSPS) is 26.4. The molecule has 2 heteroatoms. The quantitative estimate of drug-likeness (QED) is 0.538. The molecular formula is C8H12O2. The molecule has 1 unspecified atom stereocenters. The molecule has 0 aliphatic carbocycles. The number of Topliss-reactive ketones (excluding diaryl/α,β-unsaturated/α-hetero) is 1. The van der Waals surface area contributed by atoms with Gasteiger partial charge in [0.05, 0.1) is 0 Å². The lowest BCUT2D eigenvalue weighted by Gasteiger charge is -2.18. The van der Waals surface area contributed by atoms with Gasteiger partial charge in [-0.25, -0.2) is 0 Å². The third-order valence-corrected chi connectivity index (χ3v) is 1.76. The summed E-state index contributed by atoms with van der Waals surface area (Å²) in [5, 5.41) is 0. The van der Waals surface area contributed by atoms with Crippen LogP contribution in [-0.2, 0) is 9.53 Å². The summed E-state index contributed by atoms with van der Waals surface area (Å²) in [7, 11) is 0. The van der Waals surface area contributed by atoms with Gasteiger partial charge in [0.25, 0.3) is 0 Å². The standard InChI is InChI=1S/C8H12O2/c1-2-3-7-4-5-10-6-8(7)9/h2,7H,1,3-6H2. The van der Waals surface area contributed by atoms with Crippen LogP contribution in [0.3, 0.4) is 0 Å². The SMILES string of the molecule is C=CCC1CCOCC1=O. The van der Waals surface area contributed by atoms with Gasteiger partial charge in [-0.3, -0.25) is 4.79 Å². The van der Waals surface area contributed by atoms with E-state index in [2.05, 4.69) is 6.58 Å². The number of hydrogen-bond donors (Lipinski definition) is 0. The Morgan fingerprint density at radius 2 is 2.60 bits per heavy atom. The second-order valence-corrected chi connectivity index (χ2v) is 2.53. The van der Waals surface area contributed by atoms with Crippen LogP contribution in [0.4, 0.5) is 0 Å². The minimum atomic E-state index is 0.186. The zero-order valence-electron chi connectivity index (χ0n) is 6.01. The number of rotatable bonds is 2. The summed E-state index contributed by atoms with van der Waals surface area (Å²) in [5.74, 6) is 0.414. The minimum Gasteiger partial charge on any atom is -0.374 e. The molecular weight excluding hydrogens is 128 g/mol. The average Bonchev–Trinajstić information content (AvgIpc) is 1.94. The largest absolute Gasteiger partial charge is 0.374 e. The molecule has 0 saturated carbocycles. The molecule has 0 aromatic heterocycles. The Morgan fingerprint density at radius 1 is 1.80 bits per heavy atom. The van der Waals surface area contributed by atoms with Gasteiger partial charge in [-0.05, 0) is 12.8 Å². The van der Waals surface area contributed by atoms with E-state index in [9.17, 15) is 4.79 Å². The number of carbonyl (C=O) groups is 1. The molecule has 0 aromatic carbocycles. The maximum Gasteiger partial charge on any atom is 0.161 e. The third kappa shape index (κ3) is 1.67. The summed E-state index contributed by atoms with van der Waals surface area (Å²) in [6, 6.07) is 0. The van der Waals surface area contributed by atoms with Crippen molar-refractivity contribution in [1.29, 1.82) is 0 Å². The molecule has 10 heavy (non-hydrogen) atoms. The predicted octanol–water partition coefficient (Wildman–Crippen LogP) is 1.17. The Kier molecular flexibility index (Phi) is 2.63. The maximum absolute atomic E-state index is 11.0. The van der Waals surface area contributed by atoms with E-state index >= 15 is 0 Å². The topological polar surface area (TPSA) is 26.3 Å². The van der Waals surface area contributed by atoms with E-state index in [1.54, 1.807) is 6.08 Å². The van der Waals surface area contributed by atoms with Gasteiger partial charge in [0.1, 0.15) is 6.61 Å². The van der Waals surface area contributed by atoms with Crippen molar-refractivity contribution >= 4 is 5.78 Å². The van der Waals surface area contributed by atoms with Gasteiger partial charge in [-0.2, -0.15) is 0 Å².